The predicted molar refractivity (Wildman–Crippen MR) is 98.1 cm³/mol. The molecule has 4 N–H and O–H groups in total. The van der Waals surface area contributed by atoms with Crippen LogP contribution in [0.5, 0.6) is 23.0 Å². The Morgan fingerprint density at radius 3 is 2.19 bits per heavy atom. The van der Waals surface area contributed by atoms with Crippen LogP contribution in [-0.4, -0.2) is 38.1 Å². The summed E-state index contributed by atoms with van der Waals surface area (Å²) in [6, 6.07) is 6.74. The lowest BCUT2D eigenvalue weighted by Crippen LogP contribution is -2.13. The van der Waals surface area contributed by atoms with Crippen molar-refractivity contribution in [3.05, 3.63) is 41.0 Å². The molecule has 7 nitrogen and oxygen atoms in total. The summed E-state index contributed by atoms with van der Waals surface area (Å²) in [6.07, 6.45) is -0.971. The van der Waals surface area contributed by atoms with Crippen molar-refractivity contribution >= 4 is 5.69 Å². The van der Waals surface area contributed by atoms with Gasteiger partial charge in [0.1, 0.15) is 24.2 Å². The number of aliphatic hydroxyl groups is 2. The number of anilines is 1. The Kier molecular flexibility index (Phi) is 6.54. The van der Waals surface area contributed by atoms with Gasteiger partial charge in [0.25, 0.3) is 0 Å². The van der Waals surface area contributed by atoms with E-state index in [9.17, 15) is 10.2 Å². The van der Waals surface area contributed by atoms with Crippen LogP contribution in [0.2, 0.25) is 0 Å². The summed E-state index contributed by atoms with van der Waals surface area (Å²) in [5, 5.41) is 19.8. The SMILES string of the molecule is COc1cc(C(O)COc2c(N)cc(CO)cc2OC)c(OC)cc1C. The number of methoxy groups -OCH3 is 3. The molecule has 0 saturated carbocycles. The van der Waals surface area contributed by atoms with Gasteiger partial charge in [0, 0.05) is 5.56 Å². The highest BCUT2D eigenvalue weighted by Gasteiger charge is 2.19. The van der Waals surface area contributed by atoms with E-state index in [1.54, 1.807) is 31.4 Å². The average Bonchev–Trinajstić information content (AvgIpc) is 2.65. The molecule has 0 saturated heterocycles. The lowest BCUT2D eigenvalue weighted by molar-refractivity contribution is 0.104. The van der Waals surface area contributed by atoms with Crippen molar-refractivity contribution in [2.75, 3.05) is 33.7 Å². The van der Waals surface area contributed by atoms with E-state index in [0.29, 0.717) is 39.8 Å². The van der Waals surface area contributed by atoms with E-state index in [0.717, 1.165) is 5.56 Å². The molecule has 0 radical (unpaired) electrons. The summed E-state index contributed by atoms with van der Waals surface area (Å²) in [5.74, 6) is 1.87. The molecule has 2 rings (SSSR count). The monoisotopic (exact) mass is 363 g/mol. The minimum atomic E-state index is -0.971. The fourth-order valence-corrected chi connectivity index (χ4v) is 2.67. The average molecular weight is 363 g/mol. The minimum Gasteiger partial charge on any atom is -0.496 e. The molecule has 0 heterocycles. The van der Waals surface area contributed by atoms with Gasteiger partial charge in [0.05, 0.1) is 33.6 Å². The van der Waals surface area contributed by atoms with Crippen LogP contribution in [0.3, 0.4) is 0 Å². The minimum absolute atomic E-state index is 0.0679. The zero-order valence-electron chi connectivity index (χ0n) is 15.4. The predicted octanol–water partition coefficient (Wildman–Crippen LogP) is 2.21. The molecule has 142 valence electrons. The molecule has 0 bridgehead atoms. The van der Waals surface area contributed by atoms with Gasteiger partial charge in [-0.15, -0.1) is 0 Å². The number of aliphatic hydroxyl groups excluding tert-OH is 2. The number of benzene rings is 2. The third-order valence-corrected chi connectivity index (χ3v) is 4.04. The summed E-state index contributed by atoms with van der Waals surface area (Å²) in [6.45, 7) is 1.66. The van der Waals surface area contributed by atoms with E-state index in [1.165, 1.54) is 14.2 Å². The van der Waals surface area contributed by atoms with Gasteiger partial charge < -0.3 is 34.9 Å². The van der Waals surface area contributed by atoms with Gasteiger partial charge in [-0.3, -0.25) is 0 Å². The molecule has 0 aromatic heterocycles. The van der Waals surface area contributed by atoms with Gasteiger partial charge in [-0.1, -0.05) is 0 Å². The van der Waals surface area contributed by atoms with Crippen LogP contribution in [0.4, 0.5) is 5.69 Å². The highest BCUT2D eigenvalue weighted by molar-refractivity contribution is 5.62. The van der Waals surface area contributed by atoms with E-state index in [1.807, 2.05) is 6.92 Å². The van der Waals surface area contributed by atoms with Crippen molar-refractivity contribution in [3.63, 3.8) is 0 Å². The zero-order valence-corrected chi connectivity index (χ0v) is 15.4. The van der Waals surface area contributed by atoms with Gasteiger partial charge in [-0.25, -0.2) is 0 Å². The Bertz CT molecular complexity index is 762. The number of aryl methyl sites for hydroxylation is 1. The molecule has 0 spiro atoms. The largest absolute Gasteiger partial charge is 0.496 e. The molecule has 1 atom stereocenters. The van der Waals surface area contributed by atoms with Crippen LogP contribution in [0.15, 0.2) is 24.3 Å². The molecule has 26 heavy (non-hydrogen) atoms. The number of nitrogen functional groups attached to an aromatic ring is 1. The first-order valence-electron chi connectivity index (χ1n) is 8.05. The van der Waals surface area contributed by atoms with Crippen LogP contribution < -0.4 is 24.7 Å². The van der Waals surface area contributed by atoms with Gasteiger partial charge >= 0.3 is 0 Å². The Hall–Kier alpha value is -2.64. The maximum atomic E-state index is 10.6. The summed E-state index contributed by atoms with van der Waals surface area (Å²) < 4.78 is 21.6. The first-order chi connectivity index (χ1) is 12.4. The number of ether oxygens (including phenoxy) is 4. The van der Waals surface area contributed by atoms with Crippen molar-refractivity contribution in [1.82, 2.24) is 0 Å². The van der Waals surface area contributed by atoms with E-state index in [-0.39, 0.29) is 13.2 Å². The fraction of sp³-hybridized carbons (Fsp3) is 0.368. The highest BCUT2D eigenvalue weighted by Crippen LogP contribution is 2.37. The smallest absolute Gasteiger partial charge is 0.184 e. The number of hydrogen-bond donors (Lipinski definition) is 3. The van der Waals surface area contributed by atoms with Crippen molar-refractivity contribution in [1.29, 1.82) is 0 Å². The van der Waals surface area contributed by atoms with Crippen LogP contribution in [0, 0.1) is 6.92 Å². The van der Waals surface area contributed by atoms with Crippen molar-refractivity contribution in [2.24, 2.45) is 0 Å². The number of nitrogens with two attached hydrogens (primary N) is 1. The van der Waals surface area contributed by atoms with E-state index in [2.05, 4.69) is 0 Å². The van der Waals surface area contributed by atoms with Crippen LogP contribution >= 0.6 is 0 Å². The quantitative estimate of drug-likeness (QED) is 0.618. The van der Waals surface area contributed by atoms with Crippen molar-refractivity contribution < 1.29 is 29.2 Å². The molecule has 2 aromatic rings. The molecule has 0 fully saturated rings. The third kappa shape index (κ3) is 4.12. The number of hydrogen-bond acceptors (Lipinski definition) is 7. The Balaban J connectivity index is 2.25. The first kappa shape index (κ1) is 19.7. The van der Waals surface area contributed by atoms with Crippen molar-refractivity contribution in [3.8, 4) is 23.0 Å². The zero-order chi connectivity index (χ0) is 19.3. The van der Waals surface area contributed by atoms with Crippen LogP contribution in [0.1, 0.15) is 22.8 Å². The topological polar surface area (TPSA) is 103 Å². The Labute approximate surface area is 152 Å². The lowest BCUT2D eigenvalue weighted by Gasteiger charge is -2.19. The van der Waals surface area contributed by atoms with Crippen LogP contribution in [-0.2, 0) is 6.61 Å². The molecule has 0 amide bonds. The van der Waals surface area contributed by atoms with E-state index in [4.69, 9.17) is 24.7 Å². The van der Waals surface area contributed by atoms with Crippen LogP contribution in [0.25, 0.3) is 0 Å². The Morgan fingerprint density at radius 2 is 1.62 bits per heavy atom. The normalized spacial score (nSPS) is 11.8. The molecule has 0 aliphatic heterocycles. The Morgan fingerprint density at radius 1 is 0.962 bits per heavy atom. The van der Waals surface area contributed by atoms with Gasteiger partial charge in [-0.05, 0) is 42.3 Å². The second-order valence-corrected chi connectivity index (χ2v) is 5.77. The van der Waals surface area contributed by atoms with E-state index < -0.39 is 6.10 Å². The molecule has 0 aliphatic carbocycles. The first-order valence-corrected chi connectivity index (χ1v) is 8.05. The second-order valence-electron chi connectivity index (χ2n) is 5.77. The maximum absolute atomic E-state index is 10.6. The summed E-state index contributed by atoms with van der Waals surface area (Å²) >= 11 is 0. The standard InChI is InChI=1S/C19H25NO6/c1-11-5-17(24-3)13(8-16(11)23-2)15(22)10-26-19-14(20)6-12(9-21)7-18(19)25-4/h5-8,15,21-22H,9-10,20H2,1-4H3. The summed E-state index contributed by atoms with van der Waals surface area (Å²) in [7, 11) is 4.58. The second kappa shape index (κ2) is 8.64. The lowest BCUT2D eigenvalue weighted by atomic mass is 10.0. The molecule has 2 aromatic carbocycles. The van der Waals surface area contributed by atoms with Crippen molar-refractivity contribution in [2.45, 2.75) is 19.6 Å². The molecular formula is C19H25NO6. The summed E-state index contributed by atoms with van der Waals surface area (Å²) in [4.78, 5) is 0. The molecule has 7 heteroatoms. The summed E-state index contributed by atoms with van der Waals surface area (Å²) in [5.41, 5.74) is 8.34. The van der Waals surface area contributed by atoms with Gasteiger partial charge in [-0.2, -0.15) is 0 Å². The fourth-order valence-electron chi connectivity index (χ4n) is 2.67. The van der Waals surface area contributed by atoms with Gasteiger partial charge in [0.15, 0.2) is 11.5 Å². The van der Waals surface area contributed by atoms with Gasteiger partial charge in [0.2, 0.25) is 0 Å². The third-order valence-electron chi connectivity index (χ3n) is 4.04. The maximum Gasteiger partial charge on any atom is 0.184 e. The molecular weight excluding hydrogens is 338 g/mol. The number of rotatable bonds is 8. The molecule has 0 aliphatic rings. The van der Waals surface area contributed by atoms with E-state index >= 15 is 0 Å². The molecule has 1 unspecified atom stereocenters. The highest BCUT2D eigenvalue weighted by atomic mass is 16.5.